The summed E-state index contributed by atoms with van der Waals surface area (Å²) in [6.07, 6.45) is 2.54. The zero-order valence-corrected chi connectivity index (χ0v) is 14.8. The van der Waals surface area contributed by atoms with E-state index in [0.29, 0.717) is 38.6 Å². The molecule has 7 nitrogen and oxygen atoms in total. The molecule has 0 radical (unpaired) electrons. The van der Waals surface area contributed by atoms with Crippen LogP contribution in [0, 0.1) is 6.92 Å². The van der Waals surface area contributed by atoms with Gasteiger partial charge in [-0.2, -0.15) is 0 Å². The van der Waals surface area contributed by atoms with Crippen molar-refractivity contribution in [3.8, 4) is 0 Å². The van der Waals surface area contributed by atoms with E-state index in [0.717, 1.165) is 31.6 Å². The van der Waals surface area contributed by atoms with E-state index in [1.807, 2.05) is 17.2 Å². The maximum Gasteiger partial charge on any atom is 0.307 e. The first-order chi connectivity index (χ1) is 11.5. The summed E-state index contributed by atoms with van der Waals surface area (Å²) in [5.41, 5.74) is 0.907. The lowest BCUT2D eigenvalue weighted by atomic mass is 10.2. The van der Waals surface area contributed by atoms with Gasteiger partial charge in [0.2, 0.25) is 11.8 Å². The number of hydrogen-bond donors (Lipinski definition) is 1. The van der Waals surface area contributed by atoms with Crippen LogP contribution >= 0.6 is 11.3 Å². The Bertz CT molecular complexity index is 657. The van der Waals surface area contributed by atoms with E-state index in [2.05, 4.69) is 10.2 Å². The molecule has 0 unspecified atom stereocenters. The molecule has 1 N–H and O–H groups in total. The molecule has 0 bridgehead atoms. The third kappa shape index (κ3) is 4.45. The fourth-order valence-corrected chi connectivity index (χ4v) is 3.66. The zero-order chi connectivity index (χ0) is 17.1. The van der Waals surface area contributed by atoms with Gasteiger partial charge in [0.1, 0.15) is 0 Å². The molecular weight excluding hydrogens is 328 g/mol. The van der Waals surface area contributed by atoms with Crippen LogP contribution in [0.25, 0.3) is 0 Å². The summed E-state index contributed by atoms with van der Waals surface area (Å²) in [5.74, 6) is 0.166. The van der Waals surface area contributed by atoms with Crippen LogP contribution in [0.3, 0.4) is 0 Å². The molecule has 1 aromatic heterocycles. The number of piperazine rings is 1. The molecule has 1 aliphatic heterocycles. The van der Waals surface area contributed by atoms with Gasteiger partial charge in [-0.15, -0.1) is 0 Å². The average molecular weight is 352 g/mol. The lowest BCUT2D eigenvalue weighted by Gasteiger charge is -2.34. The van der Waals surface area contributed by atoms with E-state index in [-0.39, 0.29) is 16.7 Å². The Balaban J connectivity index is 1.40. The lowest BCUT2D eigenvalue weighted by molar-refractivity contribution is -0.133. The van der Waals surface area contributed by atoms with Crippen molar-refractivity contribution in [2.75, 3.05) is 32.7 Å². The molecule has 2 aliphatic rings. The highest BCUT2D eigenvalue weighted by Crippen LogP contribution is 2.18. The van der Waals surface area contributed by atoms with Crippen LogP contribution in [0.15, 0.2) is 10.2 Å². The monoisotopic (exact) mass is 352 g/mol. The van der Waals surface area contributed by atoms with Gasteiger partial charge in [-0.05, 0) is 19.8 Å². The Kier molecular flexibility index (Phi) is 5.35. The lowest BCUT2D eigenvalue weighted by Crippen LogP contribution is -2.51. The molecule has 0 aromatic carbocycles. The fourth-order valence-electron chi connectivity index (χ4n) is 2.90. The number of aromatic nitrogens is 1. The van der Waals surface area contributed by atoms with Gasteiger partial charge in [-0.3, -0.25) is 19.3 Å². The Labute approximate surface area is 145 Å². The first-order valence-electron chi connectivity index (χ1n) is 8.47. The summed E-state index contributed by atoms with van der Waals surface area (Å²) in [6, 6.07) is 0.393. The van der Waals surface area contributed by atoms with Crippen molar-refractivity contribution in [1.29, 1.82) is 0 Å². The van der Waals surface area contributed by atoms with Crippen molar-refractivity contribution in [2.24, 2.45) is 0 Å². The van der Waals surface area contributed by atoms with Crippen molar-refractivity contribution >= 4 is 23.2 Å². The summed E-state index contributed by atoms with van der Waals surface area (Å²) in [4.78, 5) is 39.7. The second-order valence-corrected chi connectivity index (χ2v) is 7.36. The third-order valence-electron chi connectivity index (χ3n) is 4.56. The second kappa shape index (κ2) is 7.48. The van der Waals surface area contributed by atoms with Crippen LogP contribution in [-0.4, -0.2) is 64.9 Å². The van der Waals surface area contributed by atoms with Gasteiger partial charge in [0, 0.05) is 56.3 Å². The van der Waals surface area contributed by atoms with Gasteiger partial charge < -0.3 is 14.8 Å². The van der Waals surface area contributed by atoms with Crippen LogP contribution in [0.2, 0.25) is 0 Å². The largest absolute Gasteiger partial charge is 0.352 e. The van der Waals surface area contributed by atoms with Gasteiger partial charge in [0.25, 0.3) is 0 Å². The summed E-state index contributed by atoms with van der Waals surface area (Å²) in [6.45, 7) is 5.48. The number of rotatable bonds is 6. The molecule has 24 heavy (non-hydrogen) atoms. The van der Waals surface area contributed by atoms with Gasteiger partial charge in [0.15, 0.2) is 0 Å². The van der Waals surface area contributed by atoms with Crippen LogP contribution < -0.4 is 10.2 Å². The minimum Gasteiger partial charge on any atom is -0.352 e. The Morgan fingerprint density at radius 2 is 1.96 bits per heavy atom. The average Bonchev–Trinajstić information content (AvgIpc) is 3.31. The van der Waals surface area contributed by atoms with Crippen molar-refractivity contribution in [1.82, 2.24) is 19.7 Å². The van der Waals surface area contributed by atoms with E-state index >= 15 is 0 Å². The number of carbonyl (C=O) groups excluding carboxylic acids is 2. The predicted octanol–water partition coefficient (Wildman–Crippen LogP) is 0.0311. The van der Waals surface area contributed by atoms with Crippen molar-refractivity contribution in [3.05, 3.63) is 20.7 Å². The van der Waals surface area contributed by atoms with Gasteiger partial charge in [-0.1, -0.05) is 11.3 Å². The summed E-state index contributed by atoms with van der Waals surface area (Å²) >= 11 is 1.17. The minimum absolute atomic E-state index is 0.00760. The van der Waals surface area contributed by atoms with Gasteiger partial charge in [-0.25, -0.2) is 0 Å². The molecule has 2 amide bonds. The second-order valence-electron chi connectivity index (χ2n) is 6.54. The minimum atomic E-state index is -0.00760. The summed E-state index contributed by atoms with van der Waals surface area (Å²) in [5, 5.41) is 4.81. The SMILES string of the molecule is Cc1csc(=O)n1CCC(=O)N1CCN(CC(=O)NC2CC2)CC1. The number of carbonyl (C=O) groups is 2. The van der Waals surface area contributed by atoms with Crippen LogP contribution in [0.4, 0.5) is 0 Å². The van der Waals surface area contributed by atoms with Crippen molar-refractivity contribution in [3.63, 3.8) is 0 Å². The van der Waals surface area contributed by atoms with Crippen LogP contribution in [0.1, 0.15) is 25.0 Å². The molecule has 2 fully saturated rings. The zero-order valence-electron chi connectivity index (χ0n) is 14.0. The maximum absolute atomic E-state index is 12.3. The predicted molar refractivity (Wildman–Crippen MR) is 92.1 cm³/mol. The molecule has 0 spiro atoms. The Morgan fingerprint density at radius 1 is 1.25 bits per heavy atom. The van der Waals surface area contributed by atoms with E-state index in [1.54, 1.807) is 4.57 Å². The van der Waals surface area contributed by atoms with Crippen LogP contribution in [-0.2, 0) is 16.1 Å². The maximum atomic E-state index is 12.3. The number of aryl methyl sites for hydroxylation is 1. The molecule has 2 heterocycles. The first kappa shape index (κ1) is 17.2. The quantitative estimate of drug-likeness (QED) is 0.784. The molecular formula is C16H24N4O3S. The third-order valence-corrected chi connectivity index (χ3v) is 5.44. The Hall–Kier alpha value is -1.67. The molecule has 1 saturated carbocycles. The number of hydrogen-bond acceptors (Lipinski definition) is 5. The fraction of sp³-hybridized carbons (Fsp3) is 0.688. The molecule has 0 atom stereocenters. The standard InChI is InChI=1S/C16H24N4O3S/c1-12-11-24-16(23)20(12)5-4-15(22)19-8-6-18(7-9-19)10-14(21)17-13-2-3-13/h11,13H,2-10H2,1H3,(H,17,21). The van der Waals surface area contributed by atoms with Crippen LogP contribution in [0.5, 0.6) is 0 Å². The van der Waals surface area contributed by atoms with Gasteiger partial charge >= 0.3 is 4.87 Å². The Morgan fingerprint density at radius 3 is 2.54 bits per heavy atom. The summed E-state index contributed by atoms with van der Waals surface area (Å²) < 4.78 is 1.65. The number of nitrogens with one attached hydrogen (secondary N) is 1. The van der Waals surface area contributed by atoms with Crippen molar-refractivity contribution < 1.29 is 9.59 Å². The highest BCUT2D eigenvalue weighted by Gasteiger charge is 2.26. The molecule has 1 aliphatic carbocycles. The number of amides is 2. The number of nitrogens with zero attached hydrogens (tertiary/aromatic N) is 3. The molecule has 1 aromatic rings. The molecule has 3 rings (SSSR count). The normalized spacial score (nSPS) is 18.6. The molecule has 132 valence electrons. The summed E-state index contributed by atoms with van der Waals surface area (Å²) in [7, 11) is 0. The number of thiazole rings is 1. The van der Waals surface area contributed by atoms with Gasteiger partial charge in [0.05, 0.1) is 6.54 Å². The van der Waals surface area contributed by atoms with E-state index in [4.69, 9.17) is 0 Å². The first-order valence-corrected chi connectivity index (χ1v) is 9.35. The topological polar surface area (TPSA) is 74.7 Å². The van der Waals surface area contributed by atoms with E-state index in [9.17, 15) is 14.4 Å². The highest BCUT2D eigenvalue weighted by molar-refractivity contribution is 7.07. The molecule has 1 saturated heterocycles. The highest BCUT2D eigenvalue weighted by atomic mass is 32.1. The van der Waals surface area contributed by atoms with Crippen molar-refractivity contribution in [2.45, 2.75) is 38.8 Å². The smallest absolute Gasteiger partial charge is 0.307 e. The van der Waals surface area contributed by atoms with E-state index in [1.165, 1.54) is 11.3 Å². The molecule has 8 heteroatoms. The van der Waals surface area contributed by atoms with E-state index < -0.39 is 0 Å².